The molecule has 2 aromatic carbocycles. The first kappa shape index (κ1) is 38.1. The van der Waals surface area contributed by atoms with E-state index in [1.54, 1.807) is 31.3 Å². The number of likely N-dealkylation sites (N-methyl/N-ethyl adjacent to an activating group) is 1. The van der Waals surface area contributed by atoms with Crippen molar-refractivity contribution in [2.45, 2.75) is 63.1 Å². The Hall–Kier alpha value is -5.47. The number of rotatable bonds is 10. The molecule has 9 rings (SSSR count). The van der Waals surface area contributed by atoms with Gasteiger partial charge in [-0.15, -0.1) is 5.10 Å². The summed E-state index contributed by atoms with van der Waals surface area (Å²) in [5, 5.41) is 7.42. The first-order chi connectivity index (χ1) is 28.2. The maximum absolute atomic E-state index is 14.1. The highest BCUT2D eigenvalue weighted by atomic mass is 19.1. The molecule has 14 heteroatoms. The Balaban J connectivity index is 0.781. The predicted molar refractivity (Wildman–Crippen MR) is 218 cm³/mol. The first-order valence-corrected chi connectivity index (χ1v) is 20.7. The third kappa shape index (κ3) is 7.50. The van der Waals surface area contributed by atoms with Gasteiger partial charge in [0.25, 0.3) is 5.91 Å². The molecule has 4 fully saturated rings. The van der Waals surface area contributed by atoms with E-state index in [0.29, 0.717) is 18.2 Å². The molecule has 5 aliphatic rings. The molecule has 7 heterocycles. The van der Waals surface area contributed by atoms with E-state index in [4.69, 9.17) is 10.1 Å². The molecule has 3 amide bonds. The SMILES string of the molecule is CN(C(=O)c1cc(N2CC(CN3CCC(N4CCC=C(c5cnc6ccc(N7CCCC7c7cccc(F)c7)nn56)C4)CC3)C2)ccc1C=O)C1CCC(=O)NC1=O. The molecule has 2 atom stereocenters. The zero-order valence-corrected chi connectivity index (χ0v) is 32.9. The van der Waals surface area contributed by atoms with E-state index in [2.05, 4.69) is 31.0 Å². The van der Waals surface area contributed by atoms with Crippen LogP contribution < -0.4 is 15.1 Å². The number of piperidine rings is 2. The third-order valence-corrected chi connectivity index (χ3v) is 12.9. The third-order valence-electron chi connectivity index (χ3n) is 12.9. The normalized spacial score (nSPS) is 22.6. The number of likely N-dealkylation sites (tertiary alicyclic amines) is 1. The molecule has 4 aromatic rings. The number of imidazole rings is 1. The Morgan fingerprint density at radius 3 is 2.64 bits per heavy atom. The van der Waals surface area contributed by atoms with Crippen molar-refractivity contribution >= 4 is 46.7 Å². The summed E-state index contributed by atoms with van der Waals surface area (Å²) in [6, 6.07) is 16.2. The molecule has 0 bridgehead atoms. The molecule has 5 aliphatic heterocycles. The molecule has 0 saturated carbocycles. The summed E-state index contributed by atoms with van der Waals surface area (Å²) in [5.74, 6) is -0.0505. The Labute approximate surface area is 337 Å². The summed E-state index contributed by atoms with van der Waals surface area (Å²) < 4.78 is 16.1. The average Bonchev–Trinajstić information content (AvgIpc) is 3.90. The lowest BCUT2D eigenvalue weighted by Gasteiger charge is -2.45. The van der Waals surface area contributed by atoms with Gasteiger partial charge < -0.3 is 19.6 Å². The van der Waals surface area contributed by atoms with Crippen LogP contribution in [0.1, 0.15) is 83.0 Å². The maximum Gasteiger partial charge on any atom is 0.255 e. The van der Waals surface area contributed by atoms with Crippen molar-refractivity contribution < 1.29 is 23.6 Å². The fourth-order valence-corrected chi connectivity index (χ4v) is 9.74. The van der Waals surface area contributed by atoms with Gasteiger partial charge in [-0.25, -0.2) is 13.9 Å². The smallest absolute Gasteiger partial charge is 0.255 e. The number of aldehydes is 1. The number of halogens is 1. The molecule has 0 spiro atoms. The molecule has 0 aliphatic carbocycles. The van der Waals surface area contributed by atoms with E-state index < -0.39 is 17.9 Å². The van der Waals surface area contributed by atoms with Crippen LogP contribution in [0, 0.1) is 11.7 Å². The fourth-order valence-electron chi connectivity index (χ4n) is 9.74. The van der Waals surface area contributed by atoms with Gasteiger partial charge in [0.15, 0.2) is 11.9 Å². The second-order valence-electron chi connectivity index (χ2n) is 16.6. The summed E-state index contributed by atoms with van der Waals surface area (Å²) in [5.41, 5.74) is 5.54. The number of fused-ring (bicyclic) bond motifs is 1. The van der Waals surface area contributed by atoms with Crippen molar-refractivity contribution in [2.24, 2.45) is 5.92 Å². The quantitative estimate of drug-likeness (QED) is 0.180. The molecule has 2 unspecified atom stereocenters. The fraction of sp³-hybridized carbons (Fsp3) is 0.455. The molecule has 0 radical (unpaired) electrons. The number of carbonyl (C=O) groups excluding carboxylic acids is 4. The Kier molecular flexibility index (Phi) is 10.5. The van der Waals surface area contributed by atoms with E-state index in [1.165, 1.54) is 16.5 Å². The van der Waals surface area contributed by atoms with Crippen LogP contribution in [-0.4, -0.2) is 125 Å². The standard InChI is InChI=1S/C44H50FN9O4/c1-49(38-11-14-42(56)47-43(38)57)44(58)36-22-35(10-9-32(36)28-55)52-25-29(26-52)24-50-19-15-34(16-20-50)51-17-3-6-31(27-51)39-23-46-40-12-13-41(48-54(39)40)53-18-4-8-37(53)30-5-2-7-33(45)21-30/h2,5-7,9-10,12-13,21-23,28-29,34,37-38H,3-4,8,11,14-20,24-27H2,1H3,(H,47,56,57). The molecule has 1 N–H and O–H groups in total. The zero-order valence-electron chi connectivity index (χ0n) is 32.9. The number of nitrogens with zero attached hydrogens (tertiary/aromatic N) is 8. The minimum Gasteiger partial charge on any atom is -0.371 e. The van der Waals surface area contributed by atoms with Gasteiger partial charge in [-0.2, -0.15) is 0 Å². The van der Waals surface area contributed by atoms with E-state index in [0.717, 1.165) is 113 Å². The summed E-state index contributed by atoms with van der Waals surface area (Å²) in [6.45, 7) is 7.67. The lowest BCUT2D eigenvalue weighted by atomic mass is 9.94. The lowest BCUT2D eigenvalue weighted by Crippen LogP contribution is -2.54. The van der Waals surface area contributed by atoms with E-state index >= 15 is 0 Å². The Morgan fingerprint density at radius 2 is 1.84 bits per heavy atom. The van der Waals surface area contributed by atoms with Crippen molar-refractivity contribution in [3.8, 4) is 0 Å². The van der Waals surface area contributed by atoms with Gasteiger partial charge in [0.05, 0.1) is 23.5 Å². The number of aromatic nitrogens is 3. The molecular weight excluding hydrogens is 738 g/mol. The van der Waals surface area contributed by atoms with E-state index in [1.807, 2.05) is 35.0 Å². The Morgan fingerprint density at radius 1 is 1.00 bits per heavy atom. The van der Waals surface area contributed by atoms with Crippen molar-refractivity contribution in [3.05, 3.63) is 95.1 Å². The Bertz CT molecular complexity index is 2260. The number of carbonyl (C=O) groups is 4. The molecule has 2 aromatic heterocycles. The first-order valence-electron chi connectivity index (χ1n) is 20.7. The van der Waals surface area contributed by atoms with Gasteiger partial charge >= 0.3 is 0 Å². The van der Waals surface area contributed by atoms with Crippen molar-refractivity contribution in [1.82, 2.24) is 34.6 Å². The van der Waals surface area contributed by atoms with Gasteiger partial charge in [0.2, 0.25) is 11.8 Å². The van der Waals surface area contributed by atoms with Crippen LogP contribution in [0.3, 0.4) is 0 Å². The second-order valence-corrected chi connectivity index (χ2v) is 16.6. The van der Waals surface area contributed by atoms with Gasteiger partial charge in [0.1, 0.15) is 17.7 Å². The topological polar surface area (TPSA) is 127 Å². The van der Waals surface area contributed by atoms with Gasteiger partial charge in [0, 0.05) is 75.9 Å². The number of imide groups is 1. The van der Waals surface area contributed by atoms with Crippen LogP contribution in [0.4, 0.5) is 15.9 Å². The van der Waals surface area contributed by atoms with Crippen LogP contribution in [0.15, 0.2) is 66.9 Å². The van der Waals surface area contributed by atoms with Crippen LogP contribution in [-0.2, 0) is 9.59 Å². The second kappa shape index (κ2) is 16.1. The summed E-state index contributed by atoms with van der Waals surface area (Å²) in [6.07, 6.45) is 10.6. The highest BCUT2D eigenvalue weighted by Gasteiger charge is 2.36. The van der Waals surface area contributed by atoms with Crippen molar-refractivity contribution in [1.29, 1.82) is 0 Å². The molecule has 13 nitrogen and oxygen atoms in total. The highest BCUT2D eigenvalue weighted by molar-refractivity contribution is 6.06. The molecular formula is C44H50FN9O4. The van der Waals surface area contributed by atoms with Gasteiger partial charge in [-0.3, -0.25) is 29.4 Å². The van der Waals surface area contributed by atoms with E-state index in [9.17, 15) is 23.6 Å². The van der Waals surface area contributed by atoms with E-state index in [-0.39, 0.29) is 41.7 Å². The number of nitrogens with one attached hydrogen (secondary N) is 1. The van der Waals surface area contributed by atoms with Crippen LogP contribution in [0.5, 0.6) is 0 Å². The monoisotopic (exact) mass is 787 g/mol. The largest absolute Gasteiger partial charge is 0.371 e. The number of amides is 3. The van der Waals surface area contributed by atoms with Crippen LogP contribution in [0.2, 0.25) is 0 Å². The summed E-state index contributed by atoms with van der Waals surface area (Å²) in [4.78, 5) is 65.3. The van der Waals surface area contributed by atoms with Crippen LogP contribution in [0.25, 0.3) is 11.2 Å². The zero-order chi connectivity index (χ0) is 39.9. The molecule has 4 saturated heterocycles. The lowest BCUT2D eigenvalue weighted by molar-refractivity contribution is -0.136. The average molecular weight is 788 g/mol. The summed E-state index contributed by atoms with van der Waals surface area (Å²) in [7, 11) is 1.55. The predicted octanol–water partition coefficient (Wildman–Crippen LogP) is 4.59. The van der Waals surface area contributed by atoms with Gasteiger partial charge in [-0.05, 0) is 105 Å². The van der Waals surface area contributed by atoms with Gasteiger partial charge in [-0.1, -0.05) is 18.2 Å². The number of anilines is 2. The highest BCUT2D eigenvalue weighted by Crippen LogP contribution is 2.36. The van der Waals surface area contributed by atoms with Crippen molar-refractivity contribution in [2.75, 3.05) is 69.2 Å². The number of hydrogen-bond donors (Lipinski definition) is 1. The molecule has 302 valence electrons. The number of benzene rings is 2. The maximum atomic E-state index is 14.1. The van der Waals surface area contributed by atoms with Crippen molar-refractivity contribution in [3.63, 3.8) is 0 Å². The molecule has 58 heavy (non-hydrogen) atoms. The summed E-state index contributed by atoms with van der Waals surface area (Å²) >= 11 is 0. The minimum absolute atomic E-state index is 0.0976. The van der Waals surface area contributed by atoms with Crippen LogP contribution >= 0.6 is 0 Å². The minimum atomic E-state index is -0.758. The number of hydrogen-bond acceptors (Lipinski definition) is 10.